The molecule has 4 nitrogen and oxygen atoms in total. The summed E-state index contributed by atoms with van der Waals surface area (Å²) >= 11 is 12.3. The molecule has 122 valence electrons. The molecule has 1 aliphatic rings. The van der Waals surface area contributed by atoms with E-state index in [0.717, 1.165) is 11.0 Å². The Bertz CT molecular complexity index is 742. The quantitative estimate of drug-likeness (QED) is 0.757. The minimum Gasteiger partial charge on any atom is -0.399 e. The summed E-state index contributed by atoms with van der Waals surface area (Å²) < 4.78 is 17.6. The van der Waals surface area contributed by atoms with Crippen molar-refractivity contribution in [2.45, 2.75) is 45.8 Å². The highest BCUT2D eigenvalue weighted by atomic mass is 35.5. The van der Waals surface area contributed by atoms with Crippen LogP contribution in [0.25, 0.3) is 11.3 Å². The Hall–Kier alpha value is -1.01. The summed E-state index contributed by atoms with van der Waals surface area (Å²) in [6.07, 6.45) is 0. The number of aromatic nitrogens is 1. The molecule has 3 rings (SSSR count). The van der Waals surface area contributed by atoms with Gasteiger partial charge in [-0.3, -0.25) is 0 Å². The molecule has 0 saturated carbocycles. The van der Waals surface area contributed by atoms with Crippen LogP contribution in [0.15, 0.2) is 22.7 Å². The van der Waals surface area contributed by atoms with Crippen LogP contribution in [-0.2, 0) is 9.31 Å². The van der Waals surface area contributed by atoms with Gasteiger partial charge in [-0.2, -0.15) is 0 Å². The van der Waals surface area contributed by atoms with Crippen molar-refractivity contribution in [3.8, 4) is 11.3 Å². The number of benzene rings is 1. The van der Waals surface area contributed by atoms with E-state index in [9.17, 15) is 0 Å². The van der Waals surface area contributed by atoms with Gasteiger partial charge >= 0.3 is 7.12 Å². The number of halogens is 2. The van der Waals surface area contributed by atoms with Crippen LogP contribution in [0.5, 0.6) is 0 Å². The van der Waals surface area contributed by atoms with Crippen LogP contribution in [0.1, 0.15) is 33.5 Å². The van der Waals surface area contributed by atoms with E-state index in [1.807, 2.05) is 40.7 Å². The molecule has 0 radical (unpaired) electrons. The molecule has 0 unspecified atom stereocenters. The van der Waals surface area contributed by atoms with Crippen molar-refractivity contribution in [2.24, 2.45) is 0 Å². The van der Waals surface area contributed by atoms with Crippen LogP contribution in [-0.4, -0.2) is 23.5 Å². The first kappa shape index (κ1) is 16.8. The molecule has 0 amide bonds. The van der Waals surface area contributed by atoms with Gasteiger partial charge in [0.05, 0.1) is 21.7 Å². The van der Waals surface area contributed by atoms with Gasteiger partial charge in [-0.15, -0.1) is 0 Å². The highest BCUT2D eigenvalue weighted by Gasteiger charge is 2.53. The van der Waals surface area contributed by atoms with Crippen LogP contribution >= 0.6 is 23.2 Å². The second kappa shape index (κ2) is 5.52. The third-order valence-electron chi connectivity index (χ3n) is 4.58. The van der Waals surface area contributed by atoms with E-state index in [0.29, 0.717) is 21.5 Å². The second-order valence-electron chi connectivity index (χ2n) is 6.71. The topological polar surface area (TPSA) is 44.5 Å². The Morgan fingerprint density at radius 1 is 1.04 bits per heavy atom. The fourth-order valence-corrected chi connectivity index (χ4v) is 2.99. The van der Waals surface area contributed by atoms with Gasteiger partial charge in [0.1, 0.15) is 11.5 Å². The van der Waals surface area contributed by atoms with Crippen LogP contribution in [0, 0.1) is 6.92 Å². The van der Waals surface area contributed by atoms with Gasteiger partial charge in [0.15, 0.2) is 0 Å². The Balaban J connectivity index is 2.07. The number of aryl methyl sites for hydroxylation is 1. The first-order valence-corrected chi connectivity index (χ1v) is 8.15. The Labute approximate surface area is 146 Å². The van der Waals surface area contributed by atoms with Gasteiger partial charge in [0, 0.05) is 10.6 Å². The molecular formula is C16H18BCl2NO3. The zero-order valence-corrected chi connectivity index (χ0v) is 15.2. The number of hydrogen-bond acceptors (Lipinski definition) is 4. The van der Waals surface area contributed by atoms with E-state index in [1.165, 1.54) is 0 Å². The molecule has 7 heteroatoms. The Kier molecular flexibility index (Phi) is 4.04. The summed E-state index contributed by atoms with van der Waals surface area (Å²) in [6, 6.07) is 5.26. The monoisotopic (exact) mass is 353 g/mol. The van der Waals surface area contributed by atoms with Crippen molar-refractivity contribution in [1.29, 1.82) is 0 Å². The molecule has 0 N–H and O–H groups in total. The van der Waals surface area contributed by atoms with Crippen molar-refractivity contribution in [1.82, 2.24) is 5.16 Å². The Morgan fingerprint density at radius 3 is 2.22 bits per heavy atom. The van der Waals surface area contributed by atoms with Gasteiger partial charge in [-0.25, -0.2) is 0 Å². The summed E-state index contributed by atoms with van der Waals surface area (Å²) in [5.74, 6) is 0.643. The maximum atomic E-state index is 6.32. The Morgan fingerprint density at radius 2 is 1.65 bits per heavy atom. The van der Waals surface area contributed by atoms with Gasteiger partial charge in [-0.1, -0.05) is 28.4 Å². The van der Waals surface area contributed by atoms with Gasteiger partial charge in [0.2, 0.25) is 0 Å². The van der Waals surface area contributed by atoms with E-state index < -0.39 is 18.3 Å². The second-order valence-corrected chi connectivity index (χ2v) is 7.56. The van der Waals surface area contributed by atoms with E-state index >= 15 is 0 Å². The third-order valence-corrected chi connectivity index (χ3v) is 5.13. The van der Waals surface area contributed by atoms with Crippen LogP contribution in [0.4, 0.5) is 0 Å². The molecule has 1 fully saturated rings. The minimum atomic E-state index is -0.562. The van der Waals surface area contributed by atoms with Crippen molar-refractivity contribution in [3.63, 3.8) is 0 Å². The van der Waals surface area contributed by atoms with Crippen molar-refractivity contribution < 1.29 is 13.8 Å². The molecule has 1 aromatic carbocycles. The molecular weight excluding hydrogens is 336 g/mol. The predicted octanol–water partition coefficient (Wildman–Crippen LogP) is 4.26. The molecule has 2 heterocycles. The fourth-order valence-electron chi connectivity index (χ4n) is 2.49. The zero-order chi connectivity index (χ0) is 17.0. The molecule has 2 aromatic rings. The SMILES string of the molecule is Cc1onc(-c2ccc(Cl)cc2Cl)c1B1OC(C)(C)C(C)(C)O1. The summed E-state index contributed by atoms with van der Waals surface area (Å²) in [7, 11) is -0.562. The van der Waals surface area contributed by atoms with E-state index in [1.54, 1.807) is 12.1 Å². The predicted molar refractivity (Wildman–Crippen MR) is 92.4 cm³/mol. The molecule has 1 saturated heterocycles. The van der Waals surface area contributed by atoms with E-state index in [4.69, 9.17) is 37.0 Å². The summed E-state index contributed by atoms with van der Waals surface area (Å²) in [5.41, 5.74) is 1.22. The average Bonchev–Trinajstić information content (AvgIpc) is 2.87. The van der Waals surface area contributed by atoms with Crippen LogP contribution in [0.2, 0.25) is 10.0 Å². The molecule has 0 spiro atoms. The standard InChI is InChI=1S/C16H18BCl2NO3/c1-9-13(17-22-15(2,3)16(4,5)23-17)14(20-21-9)11-7-6-10(18)8-12(11)19/h6-8H,1-5H3. The average molecular weight is 354 g/mol. The molecule has 0 atom stereocenters. The maximum absolute atomic E-state index is 6.32. The van der Waals surface area contributed by atoms with Crippen molar-refractivity contribution in [3.05, 3.63) is 34.0 Å². The molecule has 1 aromatic heterocycles. The van der Waals surface area contributed by atoms with Crippen LogP contribution < -0.4 is 5.46 Å². The van der Waals surface area contributed by atoms with Crippen molar-refractivity contribution in [2.75, 3.05) is 0 Å². The first-order chi connectivity index (χ1) is 10.6. The summed E-state index contributed by atoms with van der Waals surface area (Å²) in [4.78, 5) is 0. The molecule has 23 heavy (non-hydrogen) atoms. The largest absolute Gasteiger partial charge is 0.500 e. The lowest BCUT2D eigenvalue weighted by atomic mass is 9.76. The number of rotatable bonds is 2. The fraction of sp³-hybridized carbons (Fsp3) is 0.438. The highest BCUT2D eigenvalue weighted by molar-refractivity contribution is 6.64. The lowest BCUT2D eigenvalue weighted by Crippen LogP contribution is -2.41. The number of nitrogens with zero attached hydrogens (tertiary/aromatic N) is 1. The normalized spacial score (nSPS) is 19.3. The van der Waals surface area contributed by atoms with E-state index in [2.05, 4.69) is 5.16 Å². The van der Waals surface area contributed by atoms with E-state index in [-0.39, 0.29) is 0 Å². The molecule has 0 aliphatic carbocycles. The summed E-state index contributed by atoms with van der Waals surface area (Å²) in [5, 5.41) is 5.22. The van der Waals surface area contributed by atoms with Gasteiger partial charge < -0.3 is 13.8 Å². The van der Waals surface area contributed by atoms with Crippen molar-refractivity contribution >= 4 is 35.8 Å². The maximum Gasteiger partial charge on any atom is 0.500 e. The third kappa shape index (κ3) is 2.80. The lowest BCUT2D eigenvalue weighted by Gasteiger charge is -2.32. The minimum absolute atomic E-state index is 0.442. The first-order valence-electron chi connectivity index (χ1n) is 7.39. The highest BCUT2D eigenvalue weighted by Crippen LogP contribution is 2.38. The van der Waals surface area contributed by atoms with Crippen LogP contribution in [0.3, 0.4) is 0 Å². The molecule has 1 aliphatic heterocycles. The summed E-state index contributed by atoms with van der Waals surface area (Å²) in [6.45, 7) is 9.85. The zero-order valence-electron chi connectivity index (χ0n) is 13.7. The smallest absolute Gasteiger partial charge is 0.399 e. The van der Waals surface area contributed by atoms with Gasteiger partial charge in [0.25, 0.3) is 0 Å². The number of hydrogen-bond donors (Lipinski definition) is 0. The lowest BCUT2D eigenvalue weighted by molar-refractivity contribution is 0.00578. The van der Waals surface area contributed by atoms with Gasteiger partial charge in [-0.05, 0) is 52.8 Å². The molecule has 0 bridgehead atoms.